The van der Waals surface area contributed by atoms with Crippen LogP contribution in [-0.2, 0) is 4.79 Å². The average molecular weight is 208 g/mol. The van der Waals surface area contributed by atoms with Gasteiger partial charge in [0.25, 0.3) is 0 Å². The zero-order valence-electron chi connectivity index (χ0n) is 9.47. The Balaban J connectivity index is 2.58. The summed E-state index contributed by atoms with van der Waals surface area (Å²) < 4.78 is 0. The molecule has 1 rings (SSSR count). The Labute approximate surface area is 87.9 Å². The monoisotopic (exact) mass is 208 g/mol. The summed E-state index contributed by atoms with van der Waals surface area (Å²) in [6, 6.07) is 0. The Morgan fingerprint density at radius 3 is 2.57 bits per heavy atom. The first kappa shape index (κ1) is 11.4. The first-order valence-electron chi connectivity index (χ1n) is 5.42. The zero-order valence-corrected chi connectivity index (χ0v) is 10.5. The molecule has 0 aromatic heterocycles. The van der Waals surface area contributed by atoms with Gasteiger partial charge in [0.1, 0.15) is 0 Å². The maximum absolute atomic E-state index is 11.7. The van der Waals surface area contributed by atoms with E-state index in [0.717, 1.165) is 18.4 Å². The molecular weight excluding hydrogens is 188 g/mol. The van der Waals surface area contributed by atoms with Crippen molar-refractivity contribution in [2.24, 2.45) is 0 Å². The van der Waals surface area contributed by atoms with Crippen molar-refractivity contribution in [3.8, 4) is 0 Å². The molecule has 1 aliphatic carbocycles. The SMILES string of the molecule is C[Si](C)(C)/C=C/C(=O)C1=CCCCC1. The second-order valence-corrected chi connectivity index (χ2v) is 10.1. The van der Waals surface area contributed by atoms with E-state index < -0.39 is 8.07 Å². The summed E-state index contributed by atoms with van der Waals surface area (Å²) in [5, 5.41) is 0. The molecule has 0 saturated heterocycles. The fourth-order valence-electron chi connectivity index (χ4n) is 1.49. The minimum atomic E-state index is -1.21. The van der Waals surface area contributed by atoms with Crippen molar-refractivity contribution < 1.29 is 4.79 Å². The van der Waals surface area contributed by atoms with Gasteiger partial charge in [0.2, 0.25) is 0 Å². The Morgan fingerprint density at radius 1 is 1.36 bits per heavy atom. The lowest BCUT2D eigenvalue weighted by Gasteiger charge is -2.11. The van der Waals surface area contributed by atoms with E-state index in [0.29, 0.717) is 0 Å². The van der Waals surface area contributed by atoms with Crippen molar-refractivity contribution in [1.29, 1.82) is 0 Å². The Kier molecular flexibility index (Phi) is 3.87. The highest BCUT2D eigenvalue weighted by atomic mass is 28.3. The molecular formula is C12H20OSi. The highest BCUT2D eigenvalue weighted by Gasteiger charge is 2.12. The van der Waals surface area contributed by atoms with Gasteiger partial charge in [0.15, 0.2) is 5.78 Å². The first-order chi connectivity index (χ1) is 6.49. The number of allylic oxidation sites excluding steroid dienone is 3. The van der Waals surface area contributed by atoms with E-state index >= 15 is 0 Å². The third kappa shape index (κ3) is 4.05. The van der Waals surface area contributed by atoms with Crippen molar-refractivity contribution in [3.63, 3.8) is 0 Å². The van der Waals surface area contributed by atoms with E-state index in [4.69, 9.17) is 0 Å². The summed E-state index contributed by atoms with van der Waals surface area (Å²) in [7, 11) is -1.21. The molecule has 0 aromatic rings. The molecule has 1 nitrogen and oxygen atoms in total. The summed E-state index contributed by atoms with van der Waals surface area (Å²) in [5.74, 6) is 0.243. The highest BCUT2D eigenvalue weighted by Crippen LogP contribution is 2.18. The second kappa shape index (κ2) is 4.74. The fraction of sp³-hybridized carbons (Fsp3) is 0.583. The summed E-state index contributed by atoms with van der Waals surface area (Å²) in [4.78, 5) is 11.7. The number of rotatable bonds is 3. The van der Waals surface area contributed by atoms with Gasteiger partial charge < -0.3 is 0 Å². The molecule has 0 N–H and O–H groups in total. The first-order valence-corrected chi connectivity index (χ1v) is 8.99. The smallest absolute Gasteiger partial charge is 0.180 e. The summed E-state index contributed by atoms with van der Waals surface area (Å²) in [6.07, 6.45) is 8.40. The van der Waals surface area contributed by atoms with E-state index in [1.807, 2.05) is 0 Å². The molecule has 0 saturated carbocycles. The van der Waals surface area contributed by atoms with E-state index in [9.17, 15) is 4.79 Å². The number of carbonyl (C=O) groups is 1. The standard InChI is InChI=1S/C12H20OSi/c1-14(2,3)10-9-12(13)11-7-5-4-6-8-11/h7,9-10H,4-6,8H2,1-3H3/b10-9+. The van der Waals surface area contributed by atoms with Gasteiger partial charge in [-0.1, -0.05) is 31.4 Å². The number of ketones is 1. The van der Waals surface area contributed by atoms with Crippen LogP contribution in [0, 0.1) is 0 Å². The third-order valence-electron chi connectivity index (χ3n) is 2.34. The molecule has 0 spiro atoms. The minimum Gasteiger partial charge on any atom is -0.290 e. The summed E-state index contributed by atoms with van der Waals surface area (Å²) in [5.41, 5.74) is 3.16. The molecule has 14 heavy (non-hydrogen) atoms. The summed E-state index contributed by atoms with van der Waals surface area (Å²) in [6.45, 7) is 6.73. The Bertz CT molecular complexity index is 269. The molecule has 0 atom stereocenters. The Morgan fingerprint density at radius 2 is 2.07 bits per heavy atom. The van der Waals surface area contributed by atoms with Crippen molar-refractivity contribution in [2.45, 2.75) is 45.3 Å². The molecule has 78 valence electrons. The van der Waals surface area contributed by atoms with Gasteiger partial charge in [-0.05, 0) is 37.3 Å². The van der Waals surface area contributed by atoms with E-state index in [2.05, 4.69) is 31.4 Å². The Hall–Kier alpha value is -0.633. The minimum absolute atomic E-state index is 0.243. The predicted octanol–water partition coefficient (Wildman–Crippen LogP) is 3.49. The molecule has 0 aromatic carbocycles. The van der Waals surface area contributed by atoms with E-state index in [-0.39, 0.29) is 5.78 Å². The van der Waals surface area contributed by atoms with Crippen molar-refractivity contribution >= 4 is 13.9 Å². The highest BCUT2D eigenvalue weighted by molar-refractivity contribution is 6.81. The molecule has 0 heterocycles. The molecule has 0 aliphatic heterocycles. The van der Waals surface area contributed by atoms with Gasteiger partial charge in [-0.15, -0.1) is 0 Å². The van der Waals surface area contributed by atoms with Crippen LogP contribution in [0.5, 0.6) is 0 Å². The zero-order chi connectivity index (χ0) is 10.6. The van der Waals surface area contributed by atoms with Gasteiger partial charge in [-0.2, -0.15) is 0 Å². The average Bonchev–Trinajstić information content (AvgIpc) is 2.14. The number of hydrogen-bond donors (Lipinski definition) is 0. The molecule has 0 radical (unpaired) electrons. The molecule has 0 unspecified atom stereocenters. The lowest BCUT2D eigenvalue weighted by molar-refractivity contribution is -0.111. The predicted molar refractivity (Wildman–Crippen MR) is 64.0 cm³/mol. The van der Waals surface area contributed by atoms with Gasteiger partial charge in [-0.3, -0.25) is 4.79 Å². The molecule has 2 heteroatoms. The third-order valence-corrected chi connectivity index (χ3v) is 3.51. The number of carbonyl (C=O) groups excluding carboxylic acids is 1. The quantitative estimate of drug-likeness (QED) is 0.512. The van der Waals surface area contributed by atoms with Gasteiger partial charge in [0.05, 0.1) is 8.07 Å². The fourth-order valence-corrected chi connectivity index (χ4v) is 2.15. The van der Waals surface area contributed by atoms with E-state index in [1.165, 1.54) is 12.8 Å². The largest absolute Gasteiger partial charge is 0.290 e. The maximum atomic E-state index is 11.7. The normalized spacial score (nSPS) is 18.4. The van der Waals surface area contributed by atoms with Crippen LogP contribution in [0.2, 0.25) is 19.6 Å². The van der Waals surface area contributed by atoms with Crippen molar-refractivity contribution in [3.05, 3.63) is 23.4 Å². The number of hydrogen-bond acceptors (Lipinski definition) is 1. The van der Waals surface area contributed by atoms with Crippen molar-refractivity contribution in [1.82, 2.24) is 0 Å². The summed E-state index contributed by atoms with van der Waals surface area (Å²) >= 11 is 0. The van der Waals surface area contributed by atoms with Crippen LogP contribution in [0.1, 0.15) is 25.7 Å². The lowest BCUT2D eigenvalue weighted by Crippen LogP contribution is -2.16. The van der Waals surface area contributed by atoms with Gasteiger partial charge >= 0.3 is 0 Å². The van der Waals surface area contributed by atoms with Crippen LogP contribution in [0.3, 0.4) is 0 Å². The van der Waals surface area contributed by atoms with E-state index in [1.54, 1.807) is 6.08 Å². The molecule has 0 bridgehead atoms. The topological polar surface area (TPSA) is 17.1 Å². The maximum Gasteiger partial charge on any atom is 0.180 e. The van der Waals surface area contributed by atoms with Crippen LogP contribution in [-0.4, -0.2) is 13.9 Å². The molecule has 0 fully saturated rings. The van der Waals surface area contributed by atoms with Crippen molar-refractivity contribution in [2.75, 3.05) is 0 Å². The van der Waals surface area contributed by atoms with Crippen LogP contribution in [0.25, 0.3) is 0 Å². The second-order valence-electron chi connectivity index (χ2n) is 5.04. The van der Waals surface area contributed by atoms with Crippen LogP contribution >= 0.6 is 0 Å². The van der Waals surface area contributed by atoms with Gasteiger partial charge in [0, 0.05) is 0 Å². The molecule has 0 amide bonds. The van der Waals surface area contributed by atoms with Gasteiger partial charge in [-0.25, -0.2) is 0 Å². The lowest BCUT2D eigenvalue weighted by atomic mass is 9.96. The van der Waals surface area contributed by atoms with Crippen LogP contribution in [0.4, 0.5) is 0 Å². The van der Waals surface area contributed by atoms with Crippen LogP contribution in [0.15, 0.2) is 23.4 Å². The van der Waals surface area contributed by atoms with Crippen LogP contribution < -0.4 is 0 Å². The molecule has 1 aliphatic rings.